The number of benzene rings is 1. The van der Waals surface area contributed by atoms with Crippen molar-refractivity contribution in [3.63, 3.8) is 0 Å². The van der Waals surface area contributed by atoms with Crippen LogP contribution in [0.3, 0.4) is 0 Å². The summed E-state index contributed by atoms with van der Waals surface area (Å²) in [7, 11) is 0. The van der Waals surface area contributed by atoms with Crippen LogP contribution in [0.2, 0.25) is 0 Å². The third kappa shape index (κ3) is 3.81. The second kappa shape index (κ2) is 8.11. The SMILES string of the molecule is CCC=C1Nc2ccccc2N1C(CCC)CCCCC. The molecule has 116 valence electrons. The first kappa shape index (κ1) is 15.9. The van der Waals surface area contributed by atoms with Gasteiger partial charge in [0, 0.05) is 6.04 Å². The van der Waals surface area contributed by atoms with Gasteiger partial charge in [0.05, 0.1) is 11.4 Å². The first-order chi connectivity index (χ1) is 10.3. The molecule has 1 heterocycles. The molecule has 0 bridgehead atoms. The fourth-order valence-corrected chi connectivity index (χ4v) is 3.22. The van der Waals surface area contributed by atoms with Crippen LogP contribution < -0.4 is 10.2 Å². The van der Waals surface area contributed by atoms with Crippen LogP contribution in [0.25, 0.3) is 0 Å². The number of anilines is 2. The minimum Gasteiger partial charge on any atom is -0.340 e. The quantitative estimate of drug-likeness (QED) is 0.597. The highest BCUT2D eigenvalue weighted by molar-refractivity contribution is 5.81. The zero-order valence-electron chi connectivity index (χ0n) is 13.9. The highest BCUT2D eigenvalue weighted by Crippen LogP contribution is 2.39. The summed E-state index contributed by atoms with van der Waals surface area (Å²) < 4.78 is 0. The Hall–Kier alpha value is -1.44. The standard InChI is InChI=1S/C19H30N2/c1-4-7-8-13-16(11-5-2)21-18-15-10-9-14-17(18)20-19(21)12-6-3/h9-10,12,14-16,20H,4-8,11,13H2,1-3H3. The molecule has 0 saturated heterocycles. The Labute approximate surface area is 130 Å². The van der Waals surface area contributed by atoms with E-state index in [4.69, 9.17) is 0 Å². The number of fused-ring (bicyclic) bond motifs is 1. The van der Waals surface area contributed by atoms with Crippen LogP contribution in [0.5, 0.6) is 0 Å². The Balaban J connectivity index is 2.23. The van der Waals surface area contributed by atoms with Crippen LogP contribution >= 0.6 is 0 Å². The van der Waals surface area contributed by atoms with Crippen LogP contribution in [0.4, 0.5) is 11.4 Å². The fourth-order valence-electron chi connectivity index (χ4n) is 3.22. The molecule has 1 unspecified atom stereocenters. The summed E-state index contributed by atoms with van der Waals surface area (Å²) >= 11 is 0. The first-order valence-electron chi connectivity index (χ1n) is 8.67. The second-order valence-electron chi connectivity index (χ2n) is 5.95. The van der Waals surface area contributed by atoms with Crippen LogP contribution in [-0.4, -0.2) is 6.04 Å². The van der Waals surface area contributed by atoms with Crippen molar-refractivity contribution < 1.29 is 0 Å². The maximum Gasteiger partial charge on any atom is 0.106 e. The van der Waals surface area contributed by atoms with E-state index in [-0.39, 0.29) is 0 Å². The van der Waals surface area contributed by atoms with E-state index in [1.807, 2.05) is 0 Å². The molecular formula is C19H30N2. The van der Waals surface area contributed by atoms with E-state index in [1.54, 1.807) is 0 Å². The highest BCUT2D eigenvalue weighted by Gasteiger charge is 2.28. The van der Waals surface area contributed by atoms with E-state index in [1.165, 1.54) is 55.7 Å². The van der Waals surface area contributed by atoms with Crippen molar-refractivity contribution >= 4 is 11.4 Å². The van der Waals surface area contributed by atoms with Gasteiger partial charge in [0.15, 0.2) is 0 Å². The molecule has 1 aromatic carbocycles. The molecule has 21 heavy (non-hydrogen) atoms. The lowest BCUT2D eigenvalue weighted by molar-refractivity contribution is 0.509. The summed E-state index contributed by atoms with van der Waals surface area (Å²) in [5.74, 6) is 1.29. The third-order valence-corrected chi connectivity index (χ3v) is 4.21. The van der Waals surface area contributed by atoms with Crippen LogP contribution in [0.1, 0.15) is 65.7 Å². The van der Waals surface area contributed by atoms with Gasteiger partial charge < -0.3 is 10.2 Å². The van der Waals surface area contributed by atoms with Gasteiger partial charge in [-0.25, -0.2) is 0 Å². The maximum atomic E-state index is 3.60. The number of hydrogen-bond acceptors (Lipinski definition) is 2. The van der Waals surface area contributed by atoms with Gasteiger partial charge in [-0.15, -0.1) is 0 Å². The molecule has 1 atom stereocenters. The topological polar surface area (TPSA) is 15.3 Å². The van der Waals surface area contributed by atoms with Crippen LogP contribution in [0.15, 0.2) is 36.2 Å². The number of para-hydroxylation sites is 2. The van der Waals surface area contributed by atoms with Gasteiger partial charge in [-0.1, -0.05) is 58.6 Å². The van der Waals surface area contributed by atoms with Crippen molar-refractivity contribution in [2.24, 2.45) is 0 Å². The predicted molar refractivity (Wildman–Crippen MR) is 93.8 cm³/mol. The summed E-state index contributed by atoms with van der Waals surface area (Å²) in [5, 5.41) is 3.60. The van der Waals surface area contributed by atoms with Crippen LogP contribution in [-0.2, 0) is 0 Å². The van der Waals surface area contributed by atoms with Gasteiger partial charge in [0.1, 0.15) is 5.82 Å². The van der Waals surface area contributed by atoms with Gasteiger partial charge in [-0.3, -0.25) is 0 Å². The molecule has 0 aromatic heterocycles. The minimum atomic E-state index is 0.621. The number of rotatable bonds is 8. The van der Waals surface area contributed by atoms with Crippen molar-refractivity contribution in [2.75, 3.05) is 10.2 Å². The summed E-state index contributed by atoms with van der Waals surface area (Å²) in [6.45, 7) is 6.79. The van der Waals surface area contributed by atoms with Crippen LogP contribution in [0, 0.1) is 0 Å². The molecule has 1 aliphatic rings. The maximum absolute atomic E-state index is 3.60. The molecule has 2 heteroatoms. The Morgan fingerprint density at radius 3 is 2.57 bits per heavy atom. The number of nitrogens with one attached hydrogen (secondary N) is 1. The van der Waals surface area contributed by atoms with E-state index >= 15 is 0 Å². The molecular weight excluding hydrogens is 256 g/mol. The Morgan fingerprint density at radius 1 is 1.05 bits per heavy atom. The first-order valence-corrected chi connectivity index (χ1v) is 8.67. The molecule has 2 rings (SSSR count). The monoisotopic (exact) mass is 286 g/mol. The Bertz CT molecular complexity index is 464. The summed E-state index contributed by atoms with van der Waals surface area (Å²) in [6.07, 6.45) is 11.2. The number of hydrogen-bond donors (Lipinski definition) is 1. The Kier molecular flexibility index (Phi) is 6.16. The predicted octanol–water partition coefficient (Wildman–Crippen LogP) is 5.92. The van der Waals surface area contributed by atoms with Gasteiger partial charge in [-0.2, -0.15) is 0 Å². The number of unbranched alkanes of at least 4 members (excludes halogenated alkanes) is 2. The van der Waals surface area contributed by atoms with E-state index in [9.17, 15) is 0 Å². The smallest absolute Gasteiger partial charge is 0.106 e. The second-order valence-corrected chi connectivity index (χ2v) is 5.95. The van der Waals surface area contributed by atoms with Crippen molar-refractivity contribution in [3.8, 4) is 0 Å². The number of nitrogens with zero attached hydrogens (tertiary/aromatic N) is 1. The van der Waals surface area contributed by atoms with E-state index in [0.717, 1.165) is 6.42 Å². The van der Waals surface area contributed by atoms with Gasteiger partial charge in [0.2, 0.25) is 0 Å². The fraction of sp³-hybridized carbons (Fsp3) is 0.579. The highest BCUT2D eigenvalue weighted by atomic mass is 15.3. The van der Waals surface area contributed by atoms with E-state index < -0.39 is 0 Å². The van der Waals surface area contributed by atoms with Crippen molar-refractivity contribution in [1.82, 2.24) is 0 Å². The Morgan fingerprint density at radius 2 is 1.86 bits per heavy atom. The van der Waals surface area contributed by atoms with Crippen molar-refractivity contribution in [1.29, 1.82) is 0 Å². The molecule has 1 aliphatic heterocycles. The van der Waals surface area contributed by atoms with Gasteiger partial charge >= 0.3 is 0 Å². The molecule has 0 saturated carbocycles. The normalized spacial score (nSPS) is 16.9. The lowest BCUT2D eigenvalue weighted by Crippen LogP contribution is -2.33. The average Bonchev–Trinajstić information content (AvgIpc) is 2.85. The molecule has 0 radical (unpaired) electrons. The largest absolute Gasteiger partial charge is 0.340 e. The molecule has 1 aromatic rings. The zero-order valence-corrected chi connectivity index (χ0v) is 13.9. The van der Waals surface area contributed by atoms with E-state index in [0.29, 0.717) is 6.04 Å². The van der Waals surface area contributed by atoms with Gasteiger partial charge in [0.25, 0.3) is 0 Å². The summed E-state index contributed by atoms with van der Waals surface area (Å²) in [4.78, 5) is 2.55. The molecule has 0 spiro atoms. The number of allylic oxidation sites excluding steroid dienone is 1. The van der Waals surface area contributed by atoms with Crippen molar-refractivity contribution in [3.05, 3.63) is 36.2 Å². The third-order valence-electron chi connectivity index (χ3n) is 4.21. The lowest BCUT2D eigenvalue weighted by Gasteiger charge is -2.31. The summed E-state index contributed by atoms with van der Waals surface area (Å²) in [6, 6.07) is 9.33. The molecule has 0 fully saturated rings. The van der Waals surface area contributed by atoms with Crippen molar-refractivity contribution in [2.45, 2.75) is 71.8 Å². The minimum absolute atomic E-state index is 0.621. The van der Waals surface area contributed by atoms with E-state index in [2.05, 4.69) is 61.3 Å². The van der Waals surface area contributed by atoms with Gasteiger partial charge in [-0.05, 0) is 37.5 Å². The molecule has 2 nitrogen and oxygen atoms in total. The zero-order chi connectivity index (χ0) is 15.1. The average molecular weight is 286 g/mol. The molecule has 1 N–H and O–H groups in total. The lowest BCUT2D eigenvalue weighted by atomic mass is 10.0. The summed E-state index contributed by atoms with van der Waals surface area (Å²) in [5.41, 5.74) is 2.61. The molecule has 0 aliphatic carbocycles. The molecule has 0 amide bonds.